The van der Waals surface area contributed by atoms with Crippen molar-refractivity contribution < 1.29 is 14.0 Å². The number of carbonyl (C=O) groups excluding carboxylic acids is 2. The number of benzene rings is 1. The molecule has 6 nitrogen and oxygen atoms in total. The lowest BCUT2D eigenvalue weighted by atomic mass is 9.93. The molecule has 0 aliphatic carbocycles. The van der Waals surface area contributed by atoms with Crippen molar-refractivity contribution in [2.24, 2.45) is 5.92 Å². The molecule has 0 unspecified atom stereocenters. The lowest BCUT2D eigenvalue weighted by Gasteiger charge is -2.33. The predicted molar refractivity (Wildman–Crippen MR) is 105 cm³/mol. The first-order chi connectivity index (χ1) is 13.1. The van der Waals surface area contributed by atoms with E-state index in [9.17, 15) is 9.59 Å². The second kappa shape index (κ2) is 8.86. The average molecular weight is 369 g/mol. The third-order valence-electron chi connectivity index (χ3n) is 5.24. The van der Waals surface area contributed by atoms with Crippen LogP contribution in [0.2, 0.25) is 0 Å². The van der Waals surface area contributed by atoms with Crippen LogP contribution in [0.4, 0.5) is 5.69 Å². The van der Waals surface area contributed by atoms with Crippen molar-refractivity contribution in [2.75, 3.05) is 38.6 Å². The lowest BCUT2D eigenvalue weighted by molar-refractivity contribution is 0.0688. The van der Waals surface area contributed by atoms with Gasteiger partial charge >= 0.3 is 0 Å². The van der Waals surface area contributed by atoms with Crippen LogP contribution >= 0.6 is 0 Å². The highest BCUT2D eigenvalue weighted by Crippen LogP contribution is 2.26. The molecular formula is C21H27N3O3. The van der Waals surface area contributed by atoms with Crippen molar-refractivity contribution >= 4 is 17.5 Å². The minimum Gasteiger partial charge on any atom is -0.459 e. The maximum Gasteiger partial charge on any atom is 0.293 e. The number of amides is 2. The van der Waals surface area contributed by atoms with E-state index in [0.717, 1.165) is 38.9 Å². The number of hydrogen-bond acceptors (Lipinski definition) is 4. The van der Waals surface area contributed by atoms with Gasteiger partial charge in [0.2, 0.25) is 0 Å². The topological polar surface area (TPSA) is 65.8 Å². The van der Waals surface area contributed by atoms with Gasteiger partial charge in [0.1, 0.15) is 0 Å². The SMILES string of the molecule is CNCCC1CCN(C(=O)c2ccccc2N(C)C(=O)c2ccco2)CC1. The van der Waals surface area contributed by atoms with Crippen LogP contribution < -0.4 is 10.2 Å². The highest BCUT2D eigenvalue weighted by Gasteiger charge is 2.27. The summed E-state index contributed by atoms with van der Waals surface area (Å²) in [6.07, 6.45) is 4.67. The second-order valence-corrected chi connectivity index (χ2v) is 6.99. The van der Waals surface area contributed by atoms with Crippen LogP contribution in [0.25, 0.3) is 0 Å². The molecule has 6 heteroatoms. The molecule has 144 valence electrons. The van der Waals surface area contributed by atoms with E-state index in [-0.39, 0.29) is 17.6 Å². The van der Waals surface area contributed by atoms with Crippen molar-refractivity contribution in [1.29, 1.82) is 0 Å². The van der Waals surface area contributed by atoms with Gasteiger partial charge in [0.25, 0.3) is 11.8 Å². The van der Waals surface area contributed by atoms with Gasteiger partial charge in [-0.3, -0.25) is 9.59 Å². The Hall–Kier alpha value is -2.60. The van der Waals surface area contributed by atoms with Gasteiger partial charge in [-0.1, -0.05) is 12.1 Å². The Bertz CT molecular complexity index is 765. The normalized spacial score (nSPS) is 15.0. The summed E-state index contributed by atoms with van der Waals surface area (Å²) in [6.45, 7) is 2.54. The zero-order valence-corrected chi connectivity index (χ0v) is 16.0. The van der Waals surface area contributed by atoms with Crippen molar-refractivity contribution in [3.05, 3.63) is 54.0 Å². The fourth-order valence-electron chi connectivity index (χ4n) is 3.57. The summed E-state index contributed by atoms with van der Waals surface area (Å²) in [4.78, 5) is 29.1. The molecule has 1 aliphatic heterocycles. The fourth-order valence-corrected chi connectivity index (χ4v) is 3.57. The van der Waals surface area contributed by atoms with Crippen LogP contribution in [-0.4, -0.2) is 50.4 Å². The Labute approximate surface area is 160 Å². The lowest BCUT2D eigenvalue weighted by Crippen LogP contribution is -2.40. The van der Waals surface area contributed by atoms with E-state index < -0.39 is 0 Å². The van der Waals surface area contributed by atoms with Crippen LogP contribution in [0.3, 0.4) is 0 Å². The molecule has 1 fully saturated rings. The summed E-state index contributed by atoms with van der Waals surface area (Å²) < 4.78 is 5.21. The van der Waals surface area contributed by atoms with E-state index in [2.05, 4.69) is 5.32 Å². The first kappa shape index (κ1) is 19.2. The number of para-hydroxylation sites is 1. The molecule has 27 heavy (non-hydrogen) atoms. The summed E-state index contributed by atoms with van der Waals surface area (Å²) in [7, 11) is 3.64. The van der Waals surface area contributed by atoms with Gasteiger partial charge in [-0.25, -0.2) is 0 Å². The summed E-state index contributed by atoms with van der Waals surface area (Å²) in [6, 6.07) is 10.6. The number of anilines is 1. The molecule has 2 heterocycles. The first-order valence-electron chi connectivity index (χ1n) is 9.46. The quantitative estimate of drug-likeness (QED) is 0.850. The van der Waals surface area contributed by atoms with Crippen LogP contribution in [0, 0.1) is 5.92 Å². The first-order valence-corrected chi connectivity index (χ1v) is 9.46. The molecule has 0 atom stereocenters. The van der Waals surface area contributed by atoms with Crippen molar-refractivity contribution in [3.8, 4) is 0 Å². The molecular weight excluding hydrogens is 342 g/mol. The van der Waals surface area contributed by atoms with Crippen LogP contribution in [-0.2, 0) is 0 Å². The molecule has 1 aliphatic rings. The largest absolute Gasteiger partial charge is 0.459 e. The predicted octanol–water partition coefficient (Wildman–Crippen LogP) is 3.02. The number of nitrogens with zero attached hydrogens (tertiary/aromatic N) is 2. The molecule has 1 aromatic carbocycles. The molecule has 0 spiro atoms. The van der Waals surface area contributed by atoms with Crippen LogP contribution in [0.15, 0.2) is 47.1 Å². The monoisotopic (exact) mass is 369 g/mol. The Morgan fingerprint density at radius 3 is 2.59 bits per heavy atom. The van der Waals surface area contributed by atoms with Gasteiger partial charge < -0.3 is 19.5 Å². The number of nitrogens with one attached hydrogen (secondary N) is 1. The number of hydrogen-bond donors (Lipinski definition) is 1. The standard InChI is InChI=1S/C21H27N3O3/c1-22-12-9-16-10-13-24(14-11-16)20(25)17-6-3-4-7-18(17)23(2)21(26)19-8-5-15-27-19/h3-8,15-16,22H,9-14H2,1-2H3. The van der Waals surface area contributed by atoms with E-state index in [1.54, 1.807) is 31.3 Å². The van der Waals surface area contributed by atoms with Crippen molar-refractivity contribution in [1.82, 2.24) is 10.2 Å². The zero-order valence-electron chi connectivity index (χ0n) is 16.0. The maximum atomic E-state index is 13.1. The Morgan fingerprint density at radius 1 is 1.19 bits per heavy atom. The minimum atomic E-state index is -0.272. The molecule has 0 radical (unpaired) electrons. The van der Waals surface area contributed by atoms with E-state index in [1.807, 2.05) is 24.1 Å². The molecule has 3 rings (SSSR count). The van der Waals surface area contributed by atoms with Gasteiger partial charge in [0, 0.05) is 20.1 Å². The second-order valence-electron chi connectivity index (χ2n) is 6.99. The summed E-state index contributed by atoms with van der Waals surface area (Å²) in [5, 5.41) is 3.19. The van der Waals surface area contributed by atoms with Gasteiger partial charge in [-0.2, -0.15) is 0 Å². The van der Waals surface area contributed by atoms with Crippen LogP contribution in [0.1, 0.15) is 40.2 Å². The minimum absolute atomic E-state index is 0.0169. The Balaban J connectivity index is 1.72. The van der Waals surface area contributed by atoms with Crippen molar-refractivity contribution in [2.45, 2.75) is 19.3 Å². The third kappa shape index (κ3) is 4.39. The van der Waals surface area contributed by atoms with E-state index in [1.165, 1.54) is 11.2 Å². The van der Waals surface area contributed by atoms with Gasteiger partial charge in [0.15, 0.2) is 5.76 Å². The summed E-state index contributed by atoms with van der Waals surface area (Å²) in [5.41, 5.74) is 1.15. The van der Waals surface area contributed by atoms with Gasteiger partial charge in [-0.15, -0.1) is 0 Å². The number of piperidine rings is 1. The number of furan rings is 1. The Morgan fingerprint density at radius 2 is 1.93 bits per heavy atom. The van der Waals surface area contributed by atoms with E-state index >= 15 is 0 Å². The molecule has 1 N–H and O–H groups in total. The van der Waals surface area contributed by atoms with E-state index in [0.29, 0.717) is 17.2 Å². The van der Waals surface area contributed by atoms with Gasteiger partial charge in [0.05, 0.1) is 17.5 Å². The third-order valence-corrected chi connectivity index (χ3v) is 5.24. The van der Waals surface area contributed by atoms with E-state index in [4.69, 9.17) is 4.42 Å². The Kier molecular flexibility index (Phi) is 6.29. The zero-order chi connectivity index (χ0) is 19.2. The highest BCUT2D eigenvalue weighted by atomic mass is 16.3. The molecule has 1 aromatic heterocycles. The van der Waals surface area contributed by atoms with Crippen LogP contribution in [0.5, 0.6) is 0 Å². The summed E-state index contributed by atoms with van der Waals surface area (Å²) in [5.74, 6) is 0.632. The molecule has 2 aromatic rings. The highest BCUT2D eigenvalue weighted by molar-refractivity contribution is 6.09. The molecule has 1 saturated heterocycles. The number of carbonyl (C=O) groups is 2. The molecule has 0 saturated carbocycles. The maximum absolute atomic E-state index is 13.1. The molecule has 0 bridgehead atoms. The average Bonchev–Trinajstić information content (AvgIpc) is 3.26. The number of rotatable bonds is 6. The smallest absolute Gasteiger partial charge is 0.293 e. The summed E-state index contributed by atoms with van der Waals surface area (Å²) >= 11 is 0. The number of likely N-dealkylation sites (tertiary alicyclic amines) is 1. The fraction of sp³-hybridized carbons (Fsp3) is 0.429. The van der Waals surface area contributed by atoms with Gasteiger partial charge in [-0.05, 0) is 63.0 Å². The van der Waals surface area contributed by atoms with Crippen molar-refractivity contribution in [3.63, 3.8) is 0 Å². The molecule has 2 amide bonds.